The number of benzene rings is 1. The van der Waals surface area contributed by atoms with Gasteiger partial charge < -0.3 is 15.3 Å². The minimum Gasteiger partial charge on any atom is -0.478 e. The van der Waals surface area contributed by atoms with Crippen molar-refractivity contribution < 1.29 is 14.7 Å². The number of hydrogen-bond donors (Lipinski definition) is 2. The molecule has 20 heavy (non-hydrogen) atoms. The third-order valence-corrected chi connectivity index (χ3v) is 4.76. The zero-order valence-electron chi connectivity index (χ0n) is 10.9. The van der Waals surface area contributed by atoms with Crippen LogP contribution in [0.25, 0.3) is 0 Å². The quantitative estimate of drug-likeness (QED) is 0.851. The molecule has 1 aliphatic rings. The number of nitrogens with zero attached hydrogens (tertiary/aromatic N) is 1. The van der Waals surface area contributed by atoms with E-state index in [0.717, 1.165) is 16.0 Å². The van der Waals surface area contributed by atoms with E-state index in [1.165, 1.54) is 6.07 Å². The van der Waals surface area contributed by atoms with Gasteiger partial charge in [0.1, 0.15) is 0 Å². The van der Waals surface area contributed by atoms with E-state index in [-0.39, 0.29) is 17.6 Å². The lowest BCUT2D eigenvalue weighted by Gasteiger charge is -2.33. The van der Waals surface area contributed by atoms with Crippen LogP contribution in [0.2, 0.25) is 0 Å². The molecule has 108 valence electrons. The molecule has 1 aliphatic heterocycles. The van der Waals surface area contributed by atoms with Gasteiger partial charge in [0.05, 0.1) is 11.3 Å². The minimum absolute atomic E-state index is 0.0839. The highest BCUT2D eigenvalue weighted by Gasteiger charge is 2.24. The van der Waals surface area contributed by atoms with Gasteiger partial charge in [0.2, 0.25) is 0 Å². The molecule has 1 fully saturated rings. The molecule has 0 aromatic heterocycles. The van der Waals surface area contributed by atoms with Gasteiger partial charge in [-0.05, 0) is 25.1 Å². The molecule has 1 aromatic rings. The Hall–Kier alpha value is -1.21. The Morgan fingerprint density at radius 1 is 1.50 bits per heavy atom. The van der Waals surface area contributed by atoms with Crippen molar-refractivity contribution in [2.45, 2.75) is 13.0 Å². The van der Waals surface area contributed by atoms with Gasteiger partial charge in [0, 0.05) is 28.6 Å². The first-order valence-corrected chi connectivity index (χ1v) is 8.12. The lowest BCUT2D eigenvalue weighted by atomic mass is 10.2. The number of nitrogens with one attached hydrogen (secondary N) is 1. The van der Waals surface area contributed by atoms with Crippen molar-refractivity contribution in [1.29, 1.82) is 0 Å². The van der Waals surface area contributed by atoms with Crippen molar-refractivity contribution in [1.82, 2.24) is 4.90 Å². The van der Waals surface area contributed by atoms with Gasteiger partial charge in [-0.3, -0.25) is 0 Å². The molecule has 1 saturated heterocycles. The molecule has 1 unspecified atom stereocenters. The highest BCUT2D eigenvalue weighted by molar-refractivity contribution is 9.10. The van der Waals surface area contributed by atoms with E-state index in [1.807, 2.05) is 18.7 Å². The van der Waals surface area contributed by atoms with Gasteiger partial charge in [-0.25, -0.2) is 9.59 Å². The number of urea groups is 1. The predicted octanol–water partition coefficient (Wildman–Crippen LogP) is 3.12. The molecule has 2 rings (SSSR count). The van der Waals surface area contributed by atoms with Crippen molar-refractivity contribution in [2.24, 2.45) is 0 Å². The summed E-state index contributed by atoms with van der Waals surface area (Å²) < 4.78 is 0.722. The number of carboxylic acids is 1. The van der Waals surface area contributed by atoms with E-state index in [0.29, 0.717) is 12.2 Å². The van der Waals surface area contributed by atoms with Crippen LogP contribution in [0.15, 0.2) is 22.7 Å². The van der Waals surface area contributed by atoms with Crippen molar-refractivity contribution in [3.05, 3.63) is 28.2 Å². The van der Waals surface area contributed by atoms with E-state index in [4.69, 9.17) is 5.11 Å². The molecule has 0 saturated carbocycles. The van der Waals surface area contributed by atoms with Crippen molar-refractivity contribution >= 4 is 45.4 Å². The lowest BCUT2D eigenvalue weighted by molar-refractivity contribution is 0.0698. The average Bonchev–Trinajstić information content (AvgIpc) is 2.38. The molecule has 0 radical (unpaired) electrons. The van der Waals surface area contributed by atoms with Crippen LogP contribution in [0.1, 0.15) is 17.3 Å². The maximum atomic E-state index is 12.3. The molecule has 0 spiro atoms. The van der Waals surface area contributed by atoms with Crippen LogP contribution >= 0.6 is 27.7 Å². The minimum atomic E-state index is -1.06. The third kappa shape index (κ3) is 3.46. The molecule has 1 atom stereocenters. The standard InChI is InChI=1S/C13H15BrN2O3S/c1-8-7-20-5-4-16(8)13(19)15-11-6-9(14)2-3-10(11)12(17)18/h2-3,6,8H,4-5,7H2,1H3,(H,15,19)(H,17,18). The smallest absolute Gasteiger partial charge is 0.337 e. The summed E-state index contributed by atoms with van der Waals surface area (Å²) in [5.74, 6) is 0.745. The number of thioether (sulfide) groups is 1. The maximum absolute atomic E-state index is 12.3. The number of carboxylic acid groups (broad SMARTS) is 1. The zero-order chi connectivity index (χ0) is 14.7. The number of hydrogen-bond acceptors (Lipinski definition) is 3. The second-order valence-corrected chi connectivity index (χ2v) is 6.61. The fourth-order valence-corrected chi connectivity index (χ4v) is 3.40. The number of amides is 2. The maximum Gasteiger partial charge on any atom is 0.337 e. The van der Waals surface area contributed by atoms with E-state index >= 15 is 0 Å². The van der Waals surface area contributed by atoms with E-state index in [1.54, 1.807) is 17.0 Å². The molecule has 2 amide bonds. The first-order chi connectivity index (χ1) is 9.49. The molecule has 1 aromatic carbocycles. The average molecular weight is 359 g/mol. The fourth-order valence-electron chi connectivity index (χ4n) is 2.02. The Morgan fingerprint density at radius 3 is 2.90 bits per heavy atom. The van der Waals surface area contributed by atoms with Gasteiger partial charge in [-0.15, -0.1) is 0 Å². The summed E-state index contributed by atoms with van der Waals surface area (Å²) in [5.41, 5.74) is 0.392. The first-order valence-electron chi connectivity index (χ1n) is 6.17. The second-order valence-electron chi connectivity index (χ2n) is 4.54. The lowest BCUT2D eigenvalue weighted by Crippen LogP contribution is -2.46. The third-order valence-electron chi connectivity index (χ3n) is 3.08. The van der Waals surface area contributed by atoms with Crippen molar-refractivity contribution in [2.75, 3.05) is 23.4 Å². The number of carbonyl (C=O) groups excluding carboxylic acids is 1. The predicted molar refractivity (Wildman–Crippen MR) is 83.6 cm³/mol. The first kappa shape index (κ1) is 15.2. The summed E-state index contributed by atoms with van der Waals surface area (Å²) >= 11 is 5.10. The Labute approximate surface area is 129 Å². The fraction of sp³-hybridized carbons (Fsp3) is 0.385. The van der Waals surface area contributed by atoms with Crippen LogP contribution in [0, 0.1) is 0 Å². The van der Waals surface area contributed by atoms with Crippen LogP contribution < -0.4 is 5.32 Å². The van der Waals surface area contributed by atoms with Gasteiger partial charge in [-0.1, -0.05) is 15.9 Å². The van der Waals surface area contributed by atoms with Crippen LogP contribution in [-0.4, -0.2) is 46.1 Å². The second kappa shape index (κ2) is 6.49. The van der Waals surface area contributed by atoms with E-state index in [2.05, 4.69) is 21.2 Å². The SMILES string of the molecule is CC1CSCCN1C(=O)Nc1cc(Br)ccc1C(=O)O. The van der Waals surface area contributed by atoms with E-state index in [9.17, 15) is 9.59 Å². The van der Waals surface area contributed by atoms with Crippen molar-refractivity contribution in [3.8, 4) is 0 Å². The molecule has 2 N–H and O–H groups in total. The Bertz CT molecular complexity index is 538. The van der Waals surface area contributed by atoms with Gasteiger partial charge in [0.25, 0.3) is 0 Å². The number of carbonyl (C=O) groups is 2. The highest BCUT2D eigenvalue weighted by atomic mass is 79.9. The van der Waals surface area contributed by atoms with Crippen molar-refractivity contribution in [3.63, 3.8) is 0 Å². The number of aromatic carboxylic acids is 1. The number of halogens is 1. The summed E-state index contributed by atoms with van der Waals surface area (Å²) in [6, 6.07) is 4.61. The topological polar surface area (TPSA) is 69.6 Å². The van der Waals surface area contributed by atoms with Gasteiger partial charge in [0.15, 0.2) is 0 Å². The van der Waals surface area contributed by atoms with Gasteiger partial charge >= 0.3 is 12.0 Å². The summed E-state index contributed by atoms with van der Waals surface area (Å²) in [6.07, 6.45) is 0. The van der Waals surface area contributed by atoms with Gasteiger partial charge in [-0.2, -0.15) is 11.8 Å². The molecule has 1 heterocycles. The summed E-state index contributed by atoms with van der Waals surface area (Å²) in [4.78, 5) is 25.2. The summed E-state index contributed by atoms with van der Waals surface area (Å²) in [6.45, 7) is 2.67. The molecular weight excluding hydrogens is 344 g/mol. The molecular formula is C13H15BrN2O3S. The normalized spacial score (nSPS) is 18.7. The number of rotatable bonds is 2. The highest BCUT2D eigenvalue weighted by Crippen LogP contribution is 2.23. The van der Waals surface area contributed by atoms with Crippen LogP contribution in [0.5, 0.6) is 0 Å². The number of anilines is 1. The molecule has 7 heteroatoms. The monoisotopic (exact) mass is 358 g/mol. The molecule has 0 bridgehead atoms. The summed E-state index contributed by atoms with van der Waals surface area (Å²) in [5, 5.41) is 11.8. The van der Waals surface area contributed by atoms with Crippen LogP contribution in [0.4, 0.5) is 10.5 Å². The molecule has 0 aliphatic carbocycles. The van der Waals surface area contributed by atoms with Crippen LogP contribution in [-0.2, 0) is 0 Å². The Kier molecular flexibility index (Phi) is 4.93. The largest absolute Gasteiger partial charge is 0.478 e. The Balaban J connectivity index is 2.18. The van der Waals surface area contributed by atoms with Crippen LogP contribution in [0.3, 0.4) is 0 Å². The Morgan fingerprint density at radius 2 is 2.25 bits per heavy atom. The molecule has 5 nitrogen and oxygen atoms in total. The summed E-state index contributed by atoms with van der Waals surface area (Å²) in [7, 11) is 0. The zero-order valence-corrected chi connectivity index (χ0v) is 13.3. The van der Waals surface area contributed by atoms with E-state index < -0.39 is 5.97 Å².